The first-order valence-electron chi connectivity index (χ1n) is 7.03. The maximum atomic E-state index is 3.80. The Kier molecular flexibility index (Phi) is 3.42. The van der Waals surface area contributed by atoms with Crippen molar-refractivity contribution in [1.82, 2.24) is 5.32 Å². The highest BCUT2D eigenvalue weighted by atomic mass is 32.2. The summed E-state index contributed by atoms with van der Waals surface area (Å²) in [6.45, 7) is 5.96. The lowest BCUT2D eigenvalue weighted by Crippen LogP contribution is -2.43. The third-order valence-corrected chi connectivity index (χ3v) is 5.85. The summed E-state index contributed by atoms with van der Waals surface area (Å²) < 4.78 is 0. The first-order valence-corrected chi connectivity index (χ1v) is 8.18. The zero-order valence-electron chi connectivity index (χ0n) is 11.4. The second-order valence-electron chi connectivity index (χ2n) is 6.59. The molecule has 3 rings (SSSR count). The minimum Gasteiger partial charge on any atom is -0.313 e. The van der Waals surface area contributed by atoms with Crippen LogP contribution in [0.3, 0.4) is 0 Å². The van der Waals surface area contributed by atoms with Gasteiger partial charge in [-0.1, -0.05) is 38.1 Å². The first-order chi connectivity index (χ1) is 8.64. The Hall–Kier alpha value is -0.470. The molecule has 18 heavy (non-hydrogen) atoms. The molecule has 2 heteroatoms. The second-order valence-corrected chi connectivity index (χ2v) is 7.62. The average Bonchev–Trinajstić information content (AvgIpc) is 2.29. The molecule has 0 bridgehead atoms. The molecule has 0 amide bonds. The third-order valence-electron chi connectivity index (χ3n) is 4.22. The summed E-state index contributed by atoms with van der Waals surface area (Å²) in [6.07, 6.45) is 2.60. The number of fused-ring (bicyclic) bond motifs is 1. The van der Waals surface area contributed by atoms with Crippen LogP contribution in [0.4, 0.5) is 0 Å². The fraction of sp³-hybridized carbons (Fsp3) is 0.625. The molecule has 0 radical (unpaired) electrons. The van der Waals surface area contributed by atoms with Gasteiger partial charge < -0.3 is 5.32 Å². The maximum absolute atomic E-state index is 3.80. The predicted octanol–water partition coefficient (Wildman–Crippen LogP) is 3.45. The van der Waals surface area contributed by atoms with Gasteiger partial charge in [0.2, 0.25) is 0 Å². The fourth-order valence-corrected chi connectivity index (χ4v) is 4.56. The van der Waals surface area contributed by atoms with Gasteiger partial charge in [0.1, 0.15) is 0 Å². The molecule has 1 saturated heterocycles. The van der Waals surface area contributed by atoms with E-state index in [0.29, 0.717) is 11.5 Å². The zero-order chi connectivity index (χ0) is 12.6. The zero-order valence-corrected chi connectivity index (χ0v) is 12.2. The number of hydrogen-bond donors (Lipinski definition) is 1. The summed E-state index contributed by atoms with van der Waals surface area (Å²) in [5, 5.41) is 3.80. The molecule has 2 aliphatic rings. The Morgan fingerprint density at radius 2 is 2.17 bits per heavy atom. The van der Waals surface area contributed by atoms with Gasteiger partial charge in [-0.05, 0) is 35.1 Å². The van der Waals surface area contributed by atoms with Gasteiger partial charge in [0.25, 0.3) is 0 Å². The van der Waals surface area contributed by atoms with Crippen LogP contribution in [0.2, 0.25) is 0 Å². The van der Waals surface area contributed by atoms with Crippen LogP contribution in [0.15, 0.2) is 24.3 Å². The molecule has 1 heterocycles. The van der Waals surface area contributed by atoms with Crippen molar-refractivity contribution in [3.8, 4) is 0 Å². The van der Waals surface area contributed by atoms with E-state index in [0.717, 1.165) is 5.92 Å². The summed E-state index contributed by atoms with van der Waals surface area (Å²) in [5.41, 5.74) is 3.65. The second kappa shape index (κ2) is 4.90. The van der Waals surface area contributed by atoms with Crippen LogP contribution in [0.25, 0.3) is 0 Å². The van der Waals surface area contributed by atoms with Crippen molar-refractivity contribution < 1.29 is 0 Å². The van der Waals surface area contributed by atoms with E-state index in [1.807, 2.05) is 0 Å². The number of benzene rings is 1. The van der Waals surface area contributed by atoms with Gasteiger partial charge in [0, 0.05) is 24.3 Å². The van der Waals surface area contributed by atoms with E-state index in [4.69, 9.17) is 0 Å². The van der Waals surface area contributed by atoms with E-state index in [1.165, 1.54) is 30.9 Å². The molecular formula is C16H23NS. The van der Waals surface area contributed by atoms with Gasteiger partial charge in [-0.25, -0.2) is 0 Å². The summed E-state index contributed by atoms with van der Waals surface area (Å²) in [5.74, 6) is 3.37. The lowest BCUT2D eigenvalue weighted by molar-refractivity contribution is 0.312. The molecule has 2 atom stereocenters. The van der Waals surface area contributed by atoms with Gasteiger partial charge in [0.05, 0.1) is 0 Å². The van der Waals surface area contributed by atoms with Crippen molar-refractivity contribution in [1.29, 1.82) is 0 Å². The Labute approximate surface area is 115 Å². The standard InChI is InChI=1S/C16H23NS/c1-16(2)8-14(10-18-11-16)17-9-13-7-12-5-3-4-6-15(12)13/h3-6,13-14,17H,7-11H2,1-2H3. The highest BCUT2D eigenvalue weighted by Gasteiger charge is 2.30. The number of rotatable bonds is 3. The van der Waals surface area contributed by atoms with E-state index in [-0.39, 0.29) is 0 Å². The van der Waals surface area contributed by atoms with Gasteiger partial charge in [-0.3, -0.25) is 0 Å². The molecule has 1 aliphatic carbocycles. The molecule has 1 fully saturated rings. The molecule has 2 unspecified atom stereocenters. The Balaban J connectivity index is 1.51. The fourth-order valence-electron chi connectivity index (χ4n) is 3.25. The van der Waals surface area contributed by atoms with Crippen LogP contribution in [0.1, 0.15) is 37.3 Å². The van der Waals surface area contributed by atoms with Crippen LogP contribution in [0.5, 0.6) is 0 Å². The van der Waals surface area contributed by atoms with Crippen molar-refractivity contribution >= 4 is 11.8 Å². The monoisotopic (exact) mass is 261 g/mol. The average molecular weight is 261 g/mol. The van der Waals surface area contributed by atoms with Gasteiger partial charge in [-0.2, -0.15) is 11.8 Å². The molecule has 1 aromatic rings. The highest BCUT2D eigenvalue weighted by molar-refractivity contribution is 7.99. The van der Waals surface area contributed by atoms with E-state index in [9.17, 15) is 0 Å². The molecule has 1 nitrogen and oxygen atoms in total. The van der Waals surface area contributed by atoms with Gasteiger partial charge >= 0.3 is 0 Å². The van der Waals surface area contributed by atoms with E-state index >= 15 is 0 Å². The Bertz CT molecular complexity index is 427. The third kappa shape index (κ3) is 2.60. The largest absolute Gasteiger partial charge is 0.313 e. The Morgan fingerprint density at radius 1 is 1.33 bits per heavy atom. The molecule has 0 spiro atoms. The number of nitrogens with one attached hydrogen (secondary N) is 1. The summed E-state index contributed by atoms with van der Waals surface area (Å²) >= 11 is 2.11. The molecule has 98 valence electrons. The van der Waals surface area contributed by atoms with Crippen LogP contribution in [0, 0.1) is 5.41 Å². The van der Waals surface area contributed by atoms with Gasteiger partial charge in [0.15, 0.2) is 0 Å². The van der Waals surface area contributed by atoms with Crippen LogP contribution in [-0.4, -0.2) is 24.1 Å². The minimum absolute atomic E-state index is 0.512. The SMILES string of the molecule is CC1(C)CSCC(NCC2Cc3ccccc32)C1. The van der Waals surface area contributed by atoms with E-state index in [1.54, 1.807) is 11.1 Å². The van der Waals surface area contributed by atoms with Crippen molar-refractivity contribution in [2.24, 2.45) is 5.41 Å². The van der Waals surface area contributed by atoms with Crippen LogP contribution >= 0.6 is 11.8 Å². The smallest absolute Gasteiger partial charge is 0.0163 e. The maximum Gasteiger partial charge on any atom is 0.0163 e. The molecule has 1 aliphatic heterocycles. The summed E-state index contributed by atoms with van der Waals surface area (Å²) in [6, 6.07) is 9.61. The first kappa shape index (κ1) is 12.6. The van der Waals surface area contributed by atoms with Crippen molar-refractivity contribution in [2.75, 3.05) is 18.1 Å². The lowest BCUT2D eigenvalue weighted by Gasteiger charge is -2.37. The van der Waals surface area contributed by atoms with E-state index in [2.05, 4.69) is 55.2 Å². The predicted molar refractivity (Wildman–Crippen MR) is 80.4 cm³/mol. The minimum atomic E-state index is 0.512. The lowest BCUT2D eigenvalue weighted by atomic mass is 9.77. The molecular weight excluding hydrogens is 238 g/mol. The summed E-state index contributed by atoms with van der Waals surface area (Å²) in [7, 11) is 0. The van der Waals surface area contributed by atoms with Gasteiger partial charge in [-0.15, -0.1) is 0 Å². The molecule has 1 N–H and O–H groups in total. The highest BCUT2D eigenvalue weighted by Crippen LogP contribution is 2.36. The Morgan fingerprint density at radius 3 is 2.94 bits per heavy atom. The van der Waals surface area contributed by atoms with E-state index < -0.39 is 0 Å². The molecule has 0 saturated carbocycles. The number of hydrogen-bond acceptors (Lipinski definition) is 2. The van der Waals surface area contributed by atoms with Crippen LogP contribution < -0.4 is 5.32 Å². The topological polar surface area (TPSA) is 12.0 Å². The summed E-state index contributed by atoms with van der Waals surface area (Å²) in [4.78, 5) is 0. The molecule has 0 aromatic heterocycles. The normalized spacial score (nSPS) is 29.4. The molecule has 1 aromatic carbocycles. The quantitative estimate of drug-likeness (QED) is 0.894. The number of thioether (sulfide) groups is 1. The van der Waals surface area contributed by atoms with Crippen molar-refractivity contribution in [3.63, 3.8) is 0 Å². The van der Waals surface area contributed by atoms with Crippen molar-refractivity contribution in [3.05, 3.63) is 35.4 Å². The van der Waals surface area contributed by atoms with Crippen LogP contribution in [-0.2, 0) is 6.42 Å². The van der Waals surface area contributed by atoms with Crippen molar-refractivity contribution in [2.45, 2.75) is 38.6 Å².